The van der Waals surface area contributed by atoms with Gasteiger partial charge in [0, 0.05) is 57.5 Å². The van der Waals surface area contributed by atoms with E-state index in [-0.39, 0.29) is 11.6 Å². The number of terminal acetylenes is 1. The maximum absolute atomic E-state index is 12.1. The standard InChI is InChI=1S/C17H26N4O2/c1-2-3-8-17(19-20-17)9-4-16(22)18-14-5-10-21(11-6-14)15-7-12-23-13-15/h1,14-15H,3-13H2,(H,18,22). The van der Waals surface area contributed by atoms with E-state index in [1.165, 1.54) is 0 Å². The van der Waals surface area contributed by atoms with Gasteiger partial charge in [-0.1, -0.05) is 0 Å². The van der Waals surface area contributed by atoms with E-state index in [1.54, 1.807) is 0 Å². The number of carbonyl (C=O) groups excluding carboxylic acids is 1. The van der Waals surface area contributed by atoms with Crippen molar-refractivity contribution in [2.24, 2.45) is 10.2 Å². The lowest BCUT2D eigenvalue weighted by Gasteiger charge is -2.35. The average molecular weight is 318 g/mol. The first-order chi connectivity index (χ1) is 11.2. The lowest BCUT2D eigenvalue weighted by atomic mass is 10.0. The number of nitrogens with one attached hydrogen (secondary N) is 1. The topological polar surface area (TPSA) is 66.3 Å². The summed E-state index contributed by atoms with van der Waals surface area (Å²) in [7, 11) is 0. The monoisotopic (exact) mass is 318 g/mol. The minimum absolute atomic E-state index is 0.116. The fraction of sp³-hybridized carbons (Fsp3) is 0.824. The van der Waals surface area contributed by atoms with Crippen molar-refractivity contribution < 1.29 is 9.53 Å². The number of carbonyl (C=O) groups is 1. The van der Waals surface area contributed by atoms with Crippen LogP contribution in [0, 0.1) is 12.3 Å². The van der Waals surface area contributed by atoms with Gasteiger partial charge in [0.2, 0.25) is 5.91 Å². The Hall–Kier alpha value is -1.45. The molecule has 0 aromatic heterocycles. The summed E-state index contributed by atoms with van der Waals surface area (Å²) in [4.78, 5) is 14.6. The molecule has 3 heterocycles. The predicted octanol–water partition coefficient (Wildman–Crippen LogP) is 1.71. The maximum Gasteiger partial charge on any atom is 0.220 e. The number of hydrogen-bond acceptors (Lipinski definition) is 5. The van der Waals surface area contributed by atoms with Crippen molar-refractivity contribution in [2.45, 2.75) is 62.7 Å². The highest BCUT2D eigenvalue weighted by atomic mass is 16.5. The Morgan fingerprint density at radius 3 is 2.70 bits per heavy atom. The Labute approximate surface area is 138 Å². The quantitative estimate of drug-likeness (QED) is 0.727. The van der Waals surface area contributed by atoms with Crippen LogP contribution < -0.4 is 5.32 Å². The molecular formula is C17H26N4O2. The van der Waals surface area contributed by atoms with Gasteiger partial charge in [0.25, 0.3) is 0 Å². The Balaban J connectivity index is 1.32. The van der Waals surface area contributed by atoms with Gasteiger partial charge in [-0.2, -0.15) is 10.2 Å². The van der Waals surface area contributed by atoms with Crippen LogP contribution in [0.15, 0.2) is 10.2 Å². The fourth-order valence-corrected chi connectivity index (χ4v) is 3.50. The van der Waals surface area contributed by atoms with Crippen LogP contribution in [0.1, 0.15) is 44.9 Å². The Bertz CT molecular complexity index is 479. The molecule has 126 valence electrons. The summed E-state index contributed by atoms with van der Waals surface area (Å²) in [6.45, 7) is 3.86. The molecule has 0 aromatic rings. The van der Waals surface area contributed by atoms with Crippen molar-refractivity contribution in [3.05, 3.63) is 0 Å². The first-order valence-corrected chi connectivity index (χ1v) is 8.69. The Kier molecular flexibility index (Phi) is 5.29. The first kappa shape index (κ1) is 16.4. The first-order valence-electron chi connectivity index (χ1n) is 8.69. The number of amides is 1. The third kappa shape index (κ3) is 4.52. The molecule has 2 saturated heterocycles. The van der Waals surface area contributed by atoms with Crippen LogP contribution in [-0.4, -0.2) is 54.9 Å². The molecule has 0 aromatic carbocycles. The lowest BCUT2D eigenvalue weighted by Crippen LogP contribution is -2.48. The summed E-state index contributed by atoms with van der Waals surface area (Å²) >= 11 is 0. The van der Waals surface area contributed by atoms with E-state index < -0.39 is 0 Å². The second-order valence-corrected chi connectivity index (χ2v) is 6.78. The van der Waals surface area contributed by atoms with Crippen molar-refractivity contribution in [1.82, 2.24) is 10.2 Å². The number of nitrogens with zero attached hydrogens (tertiary/aromatic N) is 3. The molecule has 3 aliphatic heterocycles. The molecule has 1 N–H and O–H groups in total. The second-order valence-electron chi connectivity index (χ2n) is 6.78. The minimum atomic E-state index is -0.352. The van der Waals surface area contributed by atoms with Crippen LogP contribution in [0.3, 0.4) is 0 Å². The smallest absolute Gasteiger partial charge is 0.220 e. The van der Waals surface area contributed by atoms with Gasteiger partial charge >= 0.3 is 0 Å². The zero-order valence-electron chi connectivity index (χ0n) is 13.7. The fourth-order valence-electron chi connectivity index (χ4n) is 3.50. The van der Waals surface area contributed by atoms with Crippen LogP contribution in [0.2, 0.25) is 0 Å². The molecule has 0 aliphatic carbocycles. The normalized spacial score (nSPS) is 26.8. The zero-order valence-corrected chi connectivity index (χ0v) is 13.7. The van der Waals surface area contributed by atoms with E-state index in [2.05, 4.69) is 26.4 Å². The molecule has 0 radical (unpaired) electrons. The van der Waals surface area contributed by atoms with E-state index in [9.17, 15) is 4.79 Å². The molecule has 1 atom stereocenters. The summed E-state index contributed by atoms with van der Waals surface area (Å²) in [6.07, 6.45) is 11.1. The van der Waals surface area contributed by atoms with Gasteiger partial charge < -0.3 is 10.1 Å². The predicted molar refractivity (Wildman–Crippen MR) is 86.8 cm³/mol. The third-order valence-corrected chi connectivity index (χ3v) is 5.12. The van der Waals surface area contributed by atoms with Crippen LogP contribution in [0.4, 0.5) is 0 Å². The number of hydrogen-bond donors (Lipinski definition) is 1. The van der Waals surface area contributed by atoms with E-state index in [0.29, 0.717) is 31.3 Å². The van der Waals surface area contributed by atoms with Crippen LogP contribution in [0.5, 0.6) is 0 Å². The molecular weight excluding hydrogens is 292 g/mol. The van der Waals surface area contributed by atoms with Gasteiger partial charge in [-0.3, -0.25) is 9.69 Å². The molecule has 6 nitrogen and oxygen atoms in total. The minimum Gasteiger partial charge on any atom is -0.380 e. The zero-order chi connectivity index (χ0) is 16.1. The van der Waals surface area contributed by atoms with E-state index in [0.717, 1.165) is 52.0 Å². The third-order valence-electron chi connectivity index (χ3n) is 5.12. The van der Waals surface area contributed by atoms with Crippen molar-refractivity contribution in [2.75, 3.05) is 26.3 Å². The molecule has 0 spiro atoms. The number of piperidine rings is 1. The lowest BCUT2D eigenvalue weighted by molar-refractivity contribution is -0.122. The second kappa shape index (κ2) is 7.41. The van der Waals surface area contributed by atoms with Crippen LogP contribution in [-0.2, 0) is 9.53 Å². The molecule has 3 rings (SSSR count). The molecule has 1 amide bonds. The molecule has 6 heteroatoms. The molecule has 0 saturated carbocycles. The number of likely N-dealkylation sites (tertiary alicyclic amines) is 1. The van der Waals surface area contributed by atoms with Gasteiger partial charge in [0.05, 0.1) is 6.61 Å². The number of rotatable bonds is 7. The van der Waals surface area contributed by atoms with Gasteiger partial charge in [-0.15, -0.1) is 12.3 Å². The molecule has 3 aliphatic rings. The van der Waals surface area contributed by atoms with Gasteiger partial charge in [0.15, 0.2) is 5.66 Å². The highest BCUT2D eigenvalue weighted by Crippen LogP contribution is 2.37. The summed E-state index contributed by atoms with van der Waals surface area (Å²) in [5.41, 5.74) is -0.352. The SMILES string of the molecule is C#CCCC1(CCC(=O)NC2CCN(C3CCOC3)CC2)N=N1. The molecule has 1 unspecified atom stereocenters. The average Bonchev–Trinajstić information content (AvgIpc) is 3.12. The molecule has 0 bridgehead atoms. The van der Waals surface area contributed by atoms with Crippen molar-refractivity contribution in [1.29, 1.82) is 0 Å². The summed E-state index contributed by atoms with van der Waals surface area (Å²) in [6, 6.07) is 0.886. The van der Waals surface area contributed by atoms with Crippen LogP contribution >= 0.6 is 0 Å². The van der Waals surface area contributed by atoms with Crippen LogP contribution in [0.25, 0.3) is 0 Å². The van der Waals surface area contributed by atoms with Crippen molar-refractivity contribution in [3.63, 3.8) is 0 Å². The van der Waals surface area contributed by atoms with Crippen molar-refractivity contribution in [3.8, 4) is 12.3 Å². The van der Waals surface area contributed by atoms with Gasteiger partial charge in [0.1, 0.15) is 0 Å². The largest absolute Gasteiger partial charge is 0.380 e. The maximum atomic E-state index is 12.1. The van der Waals surface area contributed by atoms with Gasteiger partial charge in [-0.25, -0.2) is 0 Å². The summed E-state index contributed by atoms with van der Waals surface area (Å²) in [5, 5.41) is 11.3. The summed E-state index contributed by atoms with van der Waals surface area (Å²) < 4.78 is 5.46. The summed E-state index contributed by atoms with van der Waals surface area (Å²) in [5.74, 6) is 2.73. The molecule has 23 heavy (non-hydrogen) atoms. The van der Waals surface area contributed by atoms with Gasteiger partial charge in [-0.05, 0) is 19.3 Å². The highest BCUT2D eigenvalue weighted by Gasteiger charge is 2.39. The highest BCUT2D eigenvalue weighted by molar-refractivity contribution is 5.76. The van der Waals surface area contributed by atoms with E-state index in [4.69, 9.17) is 11.2 Å². The van der Waals surface area contributed by atoms with E-state index >= 15 is 0 Å². The molecule has 2 fully saturated rings. The van der Waals surface area contributed by atoms with Crippen molar-refractivity contribution >= 4 is 5.91 Å². The number of ether oxygens (including phenoxy) is 1. The Morgan fingerprint density at radius 2 is 2.09 bits per heavy atom. The Morgan fingerprint density at radius 1 is 1.30 bits per heavy atom. The van der Waals surface area contributed by atoms with E-state index in [1.807, 2.05) is 0 Å².